The zero-order valence-corrected chi connectivity index (χ0v) is 11.9. The Morgan fingerprint density at radius 3 is 2.85 bits per heavy atom. The Bertz CT molecular complexity index is 541. The van der Waals surface area contributed by atoms with Crippen LogP contribution in [0, 0.1) is 0 Å². The Balaban J connectivity index is 1.84. The fourth-order valence-corrected chi connectivity index (χ4v) is 2.75. The summed E-state index contributed by atoms with van der Waals surface area (Å²) in [5, 5.41) is 3.58. The molecule has 2 aromatic rings. The van der Waals surface area contributed by atoms with Gasteiger partial charge in [0.2, 0.25) is 0 Å². The van der Waals surface area contributed by atoms with Crippen molar-refractivity contribution in [1.29, 1.82) is 0 Å². The maximum absolute atomic E-state index is 5.49. The Kier molecular flexibility index (Phi) is 4.02. The summed E-state index contributed by atoms with van der Waals surface area (Å²) in [7, 11) is 0. The molecule has 1 aromatic carbocycles. The van der Waals surface area contributed by atoms with Crippen LogP contribution in [-0.2, 0) is 0 Å². The van der Waals surface area contributed by atoms with Gasteiger partial charge in [-0.1, -0.05) is 6.42 Å². The molecule has 1 aromatic heterocycles. The van der Waals surface area contributed by atoms with Crippen molar-refractivity contribution >= 4 is 0 Å². The highest BCUT2D eigenvalue weighted by Gasteiger charge is 2.18. The van der Waals surface area contributed by atoms with Crippen LogP contribution in [0.2, 0.25) is 0 Å². The molecule has 1 fully saturated rings. The van der Waals surface area contributed by atoms with Gasteiger partial charge < -0.3 is 14.6 Å². The first-order valence-corrected chi connectivity index (χ1v) is 7.37. The standard InChI is InChI=1S/C16H21N3O/c1-2-20-14-8-6-13(7-9-14)19-12-17-11-16(19)15-5-3-4-10-18-15/h6-9,11-12,15,18H,2-5,10H2,1H3. The normalized spacial score (nSPS) is 18.9. The molecule has 1 atom stereocenters. The molecular formula is C16H21N3O. The van der Waals surface area contributed by atoms with Gasteiger partial charge in [0, 0.05) is 11.7 Å². The van der Waals surface area contributed by atoms with Gasteiger partial charge >= 0.3 is 0 Å². The molecule has 1 N–H and O–H groups in total. The molecular weight excluding hydrogens is 250 g/mol. The van der Waals surface area contributed by atoms with Crippen molar-refractivity contribution in [3.8, 4) is 11.4 Å². The van der Waals surface area contributed by atoms with Crippen LogP contribution in [0.4, 0.5) is 0 Å². The van der Waals surface area contributed by atoms with Crippen molar-refractivity contribution < 1.29 is 4.74 Å². The van der Waals surface area contributed by atoms with Crippen molar-refractivity contribution in [2.24, 2.45) is 0 Å². The van der Waals surface area contributed by atoms with Crippen LogP contribution < -0.4 is 10.1 Å². The first kappa shape index (κ1) is 13.2. The first-order chi connectivity index (χ1) is 9.88. The van der Waals surface area contributed by atoms with E-state index in [-0.39, 0.29) is 0 Å². The van der Waals surface area contributed by atoms with Crippen molar-refractivity contribution in [2.75, 3.05) is 13.2 Å². The highest BCUT2D eigenvalue weighted by molar-refractivity contribution is 5.39. The lowest BCUT2D eigenvalue weighted by Gasteiger charge is -2.24. The lowest BCUT2D eigenvalue weighted by atomic mass is 10.0. The van der Waals surface area contributed by atoms with Crippen molar-refractivity contribution in [2.45, 2.75) is 32.2 Å². The third-order valence-electron chi connectivity index (χ3n) is 3.76. The van der Waals surface area contributed by atoms with Gasteiger partial charge in [0.05, 0.1) is 24.8 Å². The molecule has 1 unspecified atom stereocenters. The van der Waals surface area contributed by atoms with Gasteiger partial charge in [-0.25, -0.2) is 4.98 Å². The third kappa shape index (κ3) is 2.70. The first-order valence-electron chi connectivity index (χ1n) is 7.37. The van der Waals surface area contributed by atoms with Gasteiger partial charge in [-0.2, -0.15) is 0 Å². The van der Waals surface area contributed by atoms with E-state index >= 15 is 0 Å². The van der Waals surface area contributed by atoms with Gasteiger partial charge in [0.15, 0.2) is 0 Å². The zero-order valence-electron chi connectivity index (χ0n) is 11.9. The molecule has 0 radical (unpaired) electrons. The van der Waals surface area contributed by atoms with Gasteiger partial charge in [-0.15, -0.1) is 0 Å². The predicted molar refractivity (Wildman–Crippen MR) is 79.3 cm³/mol. The van der Waals surface area contributed by atoms with Crippen LogP contribution in [0.25, 0.3) is 5.69 Å². The van der Waals surface area contributed by atoms with E-state index in [0.29, 0.717) is 12.6 Å². The smallest absolute Gasteiger partial charge is 0.119 e. The minimum atomic E-state index is 0.415. The molecule has 20 heavy (non-hydrogen) atoms. The highest BCUT2D eigenvalue weighted by atomic mass is 16.5. The Labute approximate surface area is 119 Å². The quantitative estimate of drug-likeness (QED) is 0.928. The van der Waals surface area contributed by atoms with E-state index < -0.39 is 0 Å². The fraction of sp³-hybridized carbons (Fsp3) is 0.438. The number of benzene rings is 1. The zero-order chi connectivity index (χ0) is 13.8. The number of piperidine rings is 1. The molecule has 106 valence electrons. The number of nitrogens with one attached hydrogen (secondary N) is 1. The SMILES string of the molecule is CCOc1ccc(-n2cncc2C2CCCCN2)cc1. The third-order valence-corrected chi connectivity index (χ3v) is 3.76. The lowest BCUT2D eigenvalue weighted by Crippen LogP contribution is -2.28. The molecule has 0 spiro atoms. The lowest BCUT2D eigenvalue weighted by molar-refractivity contribution is 0.340. The second-order valence-electron chi connectivity index (χ2n) is 5.12. The molecule has 0 saturated carbocycles. The van der Waals surface area contributed by atoms with Crippen LogP contribution in [0.15, 0.2) is 36.8 Å². The number of ether oxygens (including phenoxy) is 1. The molecule has 0 amide bonds. The van der Waals surface area contributed by atoms with Crippen molar-refractivity contribution in [3.05, 3.63) is 42.5 Å². The van der Waals surface area contributed by atoms with E-state index in [0.717, 1.165) is 18.0 Å². The predicted octanol–water partition coefficient (Wildman–Crippen LogP) is 3.09. The summed E-state index contributed by atoms with van der Waals surface area (Å²) in [4.78, 5) is 4.32. The number of rotatable bonds is 4. The number of hydrogen-bond donors (Lipinski definition) is 1. The van der Waals surface area contributed by atoms with E-state index in [1.54, 1.807) is 0 Å². The fourth-order valence-electron chi connectivity index (χ4n) is 2.75. The summed E-state index contributed by atoms with van der Waals surface area (Å²) in [6, 6.07) is 8.60. The Hall–Kier alpha value is -1.81. The summed E-state index contributed by atoms with van der Waals surface area (Å²) in [6.07, 6.45) is 7.60. The van der Waals surface area contributed by atoms with Crippen molar-refractivity contribution in [1.82, 2.24) is 14.9 Å². The van der Waals surface area contributed by atoms with Gasteiger partial charge in [-0.05, 0) is 50.6 Å². The molecule has 1 saturated heterocycles. The molecule has 4 nitrogen and oxygen atoms in total. The highest BCUT2D eigenvalue weighted by Crippen LogP contribution is 2.25. The molecule has 0 aliphatic carbocycles. The largest absolute Gasteiger partial charge is 0.494 e. The van der Waals surface area contributed by atoms with Crippen LogP contribution >= 0.6 is 0 Å². The molecule has 1 aliphatic rings. The summed E-state index contributed by atoms with van der Waals surface area (Å²) in [6.45, 7) is 3.79. The number of nitrogens with zero attached hydrogens (tertiary/aromatic N) is 2. The van der Waals surface area contributed by atoms with Gasteiger partial charge in [0.25, 0.3) is 0 Å². The maximum Gasteiger partial charge on any atom is 0.119 e. The van der Waals surface area contributed by atoms with E-state index in [4.69, 9.17) is 4.74 Å². The van der Waals surface area contributed by atoms with Crippen LogP contribution in [-0.4, -0.2) is 22.7 Å². The number of aromatic nitrogens is 2. The second kappa shape index (κ2) is 6.09. The van der Waals surface area contributed by atoms with Gasteiger partial charge in [0.1, 0.15) is 5.75 Å². The summed E-state index contributed by atoms with van der Waals surface area (Å²) < 4.78 is 7.65. The van der Waals surface area contributed by atoms with E-state index in [2.05, 4.69) is 27.0 Å². The number of hydrogen-bond acceptors (Lipinski definition) is 3. The van der Waals surface area contributed by atoms with E-state index in [1.165, 1.54) is 25.0 Å². The minimum absolute atomic E-state index is 0.415. The topological polar surface area (TPSA) is 39.1 Å². The molecule has 2 heterocycles. The average molecular weight is 271 g/mol. The average Bonchev–Trinajstić information content (AvgIpc) is 2.99. The van der Waals surface area contributed by atoms with E-state index in [1.807, 2.05) is 31.6 Å². The monoisotopic (exact) mass is 271 g/mol. The Morgan fingerprint density at radius 2 is 2.15 bits per heavy atom. The number of imidazole rings is 1. The Morgan fingerprint density at radius 1 is 1.30 bits per heavy atom. The molecule has 4 heteroatoms. The van der Waals surface area contributed by atoms with Crippen molar-refractivity contribution in [3.63, 3.8) is 0 Å². The van der Waals surface area contributed by atoms with Crippen LogP contribution in [0.3, 0.4) is 0 Å². The van der Waals surface area contributed by atoms with Crippen LogP contribution in [0.5, 0.6) is 5.75 Å². The molecule has 0 bridgehead atoms. The summed E-state index contributed by atoms with van der Waals surface area (Å²) >= 11 is 0. The minimum Gasteiger partial charge on any atom is -0.494 e. The maximum atomic E-state index is 5.49. The van der Waals surface area contributed by atoms with E-state index in [9.17, 15) is 0 Å². The van der Waals surface area contributed by atoms with Crippen LogP contribution in [0.1, 0.15) is 37.9 Å². The summed E-state index contributed by atoms with van der Waals surface area (Å²) in [5.41, 5.74) is 2.38. The second-order valence-corrected chi connectivity index (χ2v) is 5.12. The van der Waals surface area contributed by atoms with Gasteiger partial charge in [-0.3, -0.25) is 0 Å². The molecule has 3 rings (SSSR count). The molecule has 1 aliphatic heterocycles. The summed E-state index contributed by atoms with van der Waals surface area (Å²) in [5.74, 6) is 0.911.